The largest absolute Gasteiger partial charge is 0.480 e. The highest BCUT2D eigenvalue weighted by Gasteiger charge is 2.22. The van der Waals surface area contributed by atoms with Gasteiger partial charge >= 0.3 is 5.97 Å². The van der Waals surface area contributed by atoms with E-state index in [1.807, 2.05) is 0 Å². The molecule has 2 amide bonds. The fourth-order valence-corrected chi connectivity index (χ4v) is 1.24. The van der Waals surface area contributed by atoms with Gasteiger partial charge in [0.2, 0.25) is 5.91 Å². The van der Waals surface area contributed by atoms with Gasteiger partial charge in [-0.05, 0) is 24.3 Å². The molecule has 0 aliphatic carbocycles. The van der Waals surface area contributed by atoms with Crippen molar-refractivity contribution >= 4 is 17.8 Å². The van der Waals surface area contributed by atoms with Crippen molar-refractivity contribution < 1.29 is 23.9 Å². The summed E-state index contributed by atoms with van der Waals surface area (Å²) < 4.78 is 12.6. The third-order valence-corrected chi connectivity index (χ3v) is 2.12. The van der Waals surface area contributed by atoms with Crippen LogP contribution in [-0.2, 0) is 9.59 Å². The van der Waals surface area contributed by atoms with Gasteiger partial charge in [-0.15, -0.1) is 0 Å². The number of carbonyl (C=O) groups excluding carboxylic acids is 2. The van der Waals surface area contributed by atoms with Gasteiger partial charge in [-0.3, -0.25) is 9.59 Å². The van der Waals surface area contributed by atoms with Gasteiger partial charge in [-0.1, -0.05) is 0 Å². The standard InChI is InChI=1S/C11H11FN2O4/c12-7-3-1-6(2-4-7)10(16)14-8(11(17)18)5-9(13)15/h1-4,8H,5H2,(H2,13,15)(H,14,16)(H,17,18)/t8-/m0/s1. The SMILES string of the molecule is NC(=O)C[C@H](NC(=O)c1ccc(F)cc1)C(=O)O. The number of carbonyl (C=O) groups is 3. The fraction of sp³-hybridized carbons (Fsp3) is 0.182. The van der Waals surface area contributed by atoms with Crippen LogP contribution < -0.4 is 11.1 Å². The van der Waals surface area contributed by atoms with Crippen LogP contribution in [0.1, 0.15) is 16.8 Å². The molecular formula is C11H11FN2O4. The molecule has 7 heteroatoms. The molecular weight excluding hydrogens is 243 g/mol. The van der Waals surface area contributed by atoms with E-state index in [1.165, 1.54) is 12.1 Å². The van der Waals surface area contributed by atoms with Crippen molar-refractivity contribution in [2.24, 2.45) is 5.73 Å². The van der Waals surface area contributed by atoms with Crippen LogP contribution in [0.25, 0.3) is 0 Å². The molecule has 1 aromatic rings. The molecule has 0 spiro atoms. The summed E-state index contributed by atoms with van der Waals surface area (Å²) in [4.78, 5) is 33.0. The second-order valence-electron chi connectivity index (χ2n) is 3.54. The molecule has 6 nitrogen and oxygen atoms in total. The molecule has 0 aliphatic heterocycles. The van der Waals surface area contributed by atoms with Gasteiger partial charge in [0, 0.05) is 5.56 Å². The molecule has 1 rings (SSSR count). The Labute approximate surface area is 102 Å². The molecule has 0 aromatic heterocycles. The highest BCUT2D eigenvalue weighted by Crippen LogP contribution is 2.03. The number of halogens is 1. The summed E-state index contributed by atoms with van der Waals surface area (Å²) in [6, 6.07) is 3.14. The smallest absolute Gasteiger partial charge is 0.326 e. The van der Waals surface area contributed by atoms with E-state index in [1.54, 1.807) is 0 Å². The second-order valence-corrected chi connectivity index (χ2v) is 3.54. The van der Waals surface area contributed by atoms with Crippen LogP contribution in [0.15, 0.2) is 24.3 Å². The highest BCUT2D eigenvalue weighted by molar-refractivity contribution is 5.97. The van der Waals surface area contributed by atoms with Gasteiger partial charge in [0.25, 0.3) is 5.91 Å². The molecule has 96 valence electrons. The Kier molecular flexibility index (Phi) is 4.36. The van der Waals surface area contributed by atoms with E-state index in [2.05, 4.69) is 5.32 Å². The molecule has 0 radical (unpaired) electrons. The van der Waals surface area contributed by atoms with Crippen molar-refractivity contribution in [1.29, 1.82) is 0 Å². The Hall–Kier alpha value is -2.44. The number of carboxylic acid groups (broad SMARTS) is 1. The molecule has 0 aliphatic rings. The van der Waals surface area contributed by atoms with Crippen LogP contribution in [0, 0.1) is 5.82 Å². The zero-order valence-electron chi connectivity index (χ0n) is 9.22. The quantitative estimate of drug-likeness (QED) is 0.680. The summed E-state index contributed by atoms with van der Waals surface area (Å²) in [6.45, 7) is 0. The molecule has 0 saturated carbocycles. The minimum absolute atomic E-state index is 0.0899. The van der Waals surface area contributed by atoms with Crippen LogP contribution in [0.5, 0.6) is 0 Å². The minimum Gasteiger partial charge on any atom is -0.480 e. The Morgan fingerprint density at radius 2 is 1.83 bits per heavy atom. The lowest BCUT2D eigenvalue weighted by Crippen LogP contribution is -2.43. The maximum Gasteiger partial charge on any atom is 0.326 e. The molecule has 4 N–H and O–H groups in total. The van der Waals surface area contributed by atoms with Crippen LogP contribution >= 0.6 is 0 Å². The van der Waals surface area contributed by atoms with E-state index in [4.69, 9.17) is 10.8 Å². The van der Waals surface area contributed by atoms with Gasteiger partial charge in [0.1, 0.15) is 11.9 Å². The van der Waals surface area contributed by atoms with Gasteiger partial charge in [0.05, 0.1) is 6.42 Å². The predicted octanol–water partition coefficient (Wildman–Crippen LogP) is -0.116. The van der Waals surface area contributed by atoms with Crippen LogP contribution in [0.2, 0.25) is 0 Å². The lowest BCUT2D eigenvalue weighted by molar-refractivity contribution is -0.140. The summed E-state index contributed by atoms with van der Waals surface area (Å²) in [5.41, 5.74) is 4.95. The molecule has 1 aromatic carbocycles. The van der Waals surface area contributed by atoms with Crippen molar-refractivity contribution in [2.75, 3.05) is 0 Å². The Morgan fingerprint density at radius 1 is 1.28 bits per heavy atom. The first-order valence-electron chi connectivity index (χ1n) is 4.97. The lowest BCUT2D eigenvalue weighted by atomic mass is 10.1. The number of primary amides is 1. The first-order chi connectivity index (χ1) is 8.40. The van der Waals surface area contributed by atoms with Crippen LogP contribution in [0.3, 0.4) is 0 Å². The first kappa shape index (κ1) is 13.6. The molecule has 0 bridgehead atoms. The summed E-state index contributed by atoms with van der Waals surface area (Å²) in [6.07, 6.45) is -0.512. The Morgan fingerprint density at radius 3 is 2.28 bits per heavy atom. The number of nitrogens with two attached hydrogens (primary N) is 1. The number of aliphatic carboxylic acids is 1. The van der Waals surface area contributed by atoms with Crippen molar-refractivity contribution in [2.45, 2.75) is 12.5 Å². The fourth-order valence-electron chi connectivity index (χ4n) is 1.24. The van der Waals surface area contributed by atoms with E-state index in [9.17, 15) is 18.8 Å². The number of nitrogens with one attached hydrogen (secondary N) is 1. The van der Waals surface area contributed by atoms with Gasteiger partial charge in [-0.2, -0.15) is 0 Å². The van der Waals surface area contributed by atoms with Crippen molar-refractivity contribution in [3.05, 3.63) is 35.6 Å². The van der Waals surface area contributed by atoms with E-state index in [0.717, 1.165) is 12.1 Å². The average molecular weight is 254 g/mol. The molecule has 0 saturated heterocycles. The molecule has 0 unspecified atom stereocenters. The summed E-state index contributed by atoms with van der Waals surface area (Å²) in [5, 5.41) is 10.9. The molecule has 0 fully saturated rings. The van der Waals surface area contributed by atoms with Gasteiger partial charge < -0.3 is 16.2 Å². The second kappa shape index (κ2) is 5.76. The molecule has 1 atom stereocenters. The van der Waals surface area contributed by atoms with Gasteiger partial charge in [0.15, 0.2) is 0 Å². The Bertz CT molecular complexity index is 472. The van der Waals surface area contributed by atoms with E-state index >= 15 is 0 Å². The van der Waals surface area contributed by atoms with Crippen molar-refractivity contribution in [1.82, 2.24) is 5.32 Å². The number of rotatable bonds is 5. The van der Waals surface area contributed by atoms with E-state index < -0.39 is 36.1 Å². The van der Waals surface area contributed by atoms with Crippen LogP contribution in [0.4, 0.5) is 4.39 Å². The number of amides is 2. The monoisotopic (exact) mass is 254 g/mol. The van der Waals surface area contributed by atoms with E-state index in [0.29, 0.717) is 0 Å². The van der Waals surface area contributed by atoms with Crippen molar-refractivity contribution in [3.8, 4) is 0 Å². The maximum absolute atomic E-state index is 12.6. The Balaban J connectivity index is 2.75. The minimum atomic E-state index is -1.40. The summed E-state index contributed by atoms with van der Waals surface area (Å²) in [5.74, 6) is -3.45. The zero-order chi connectivity index (χ0) is 13.7. The van der Waals surface area contributed by atoms with E-state index in [-0.39, 0.29) is 5.56 Å². The van der Waals surface area contributed by atoms with Gasteiger partial charge in [-0.25, -0.2) is 9.18 Å². The van der Waals surface area contributed by atoms with Crippen LogP contribution in [-0.4, -0.2) is 28.9 Å². The zero-order valence-corrected chi connectivity index (χ0v) is 9.22. The summed E-state index contributed by atoms with van der Waals surface area (Å²) in [7, 11) is 0. The van der Waals surface area contributed by atoms with Crippen molar-refractivity contribution in [3.63, 3.8) is 0 Å². The first-order valence-corrected chi connectivity index (χ1v) is 4.97. The number of carboxylic acids is 1. The normalized spacial score (nSPS) is 11.6. The number of benzene rings is 1. The third-order valence-electron chi connectivity index (χ3n) is 2.12. The maximum atomic E-state index is 12.6. The molecule has 0 heterocycles. The third kappa shape index (κ3) is 3.85. The number of hydrogen-bond acceptors (Lipinski definition) is 3. The highest BCUT2D eigenvalue weighted by atomic mass is 19.1. The lowest BCUT2D eigenvalue weighted by Gasteiger charge is -2.12. The number of hydrogen-bond donors (Lipinski definition) is 3. The summed E-state index contributed by atoms with van der Waals surface area (Å²) >= 11 is 0. The topological polar surface area (TPSA) is 109 Å². The predicted molar refractivity (Wildman–Crippen MR) is 59.1 cm³/mol. The molecule has 18 heavy (non-hydrogen) atoms. The average Bonchev–Trinajstić information content (AvgIpc) is 2.28.